The van der Waals surface area contributed by atoms with Gasteiger partial charge in [-0.1, -0.05) is 12.1 Å². The predicted molar refractivity (Wildman–Crippen MR) is 80.9 cm³/mol. The zero-order valence-electron chi connectivity index (χ0n) is 11.3. The van der Waals surface area contributed by atoms with Crippen molar-refractivity contribution in [3.05, 3.63) is 48.7 Å². The van der Waals surface area contributed by atoms with Crippen LogP contribution in [0.3, 0.4) is 0 Å². The van der Waals surface area contributed by atoms with E-state index in [9.17, 15) is 4.39 Å². The lowest BCUT2D eigenvalue weighted by molar-refractivity contribution is 0.273. The first kappa shape index (κ1) is 13.3. The number of hydrogen-bond donors (Lipinski definition) is 1. The second-order valence-corrected chi connectivity index (χ2v) is 4.57. The molecule has 2 aromatic carbocycles. The Balaban J connectivity index is 2.01. The standard InChI is InChI=1S/C16H14FN3O/c17-6-7-21-13-4-5-14-15(9-13)20-16(10-19-14)11-2-1-3-12(18)8-11/h1-5,8-10H,6-7,18H2. The smallest absolute Gasteiger partial charge is 0.123 e. The molecule has 3 aromatic rings. The molecule has 106 valence electrons. The van der Waals surface area contributed by atoms with E-state index in [1.807, 2.05) is 24.3 Å². The van der Waals surface area contributed by atoms with Gasteiger partial charge < -0.3 is 10.5 Å². The highest BCUT2D eigenvalue weighted by atomic mass is 19.1. The molecule has 0 spiro atoms. The van der Waals surface area contributed by atoms with Gasteiger partial charge in [-0.15, -0.1) is 0 Å². The fourth-order valence-corrected chi connectivity index (χ4v) is 2.07. The zero-order valence-corrected chi connectivity index (χ0v) is 11.3. The minimum Gasteiger partial charge on any atom is -0.491 e. The number of ether oxygens (including phenoxy) is 1. The van der Waals surface area contributed by atoms with Gasteiger partial charge in [0.1, 0.15) is 19.0 Å². The summed E-state index contributed by atoms with van der Waals surface area (Å²) in [6.45, 7) is -0.485. The third-order valence-corrected chi connectivity index (χ3v) is 3.04. The molecule has 2 N–H and O–H groups in total. The summed E-state index contributed by atoms with van der Waals surface area (Å²) in [5.41, 5.74) is 9.56. The van der Waals surface area contributed by atoms with Crippen LogP contribution in [0, 0.1) is 0 Å². The Morgan fingerprint density at radius 2 is 2.00 bits per heavy atom. The van der Waals surface area contributed by atoms with E-state index in [0.717, 1.165) is 16.8 Å². The first-order valence-corrected chi connectivity index (χ1v) is 6.58. The lowest BCUT2D eigenvalue weighted by Gasteiger charge is -2.06. The van der Waals surface area contributed by atoms with E-state index in [4.69, 9.17) is 10.5 Å². The van der Waals surface area contributed by atoms with Crippen molar-refractivity contribution in [2.24, 2.45) is 0 Å². The van der Waals surface area contributed by atoms with E-state index in [-0.39, 0.29) is 6.61 Å². The quantitative estimate of drug-likeness (QED) is 0.747. The molecule has 1 aromatic heterocycles. The second-order valence-electron chi connectivity index (χ2n) is 4.57. The number of nitrogen functional groups attached to an aromatic ring is 1. The largest absolute Gasteiger partial charge is 0.491 e. The van der Waals surface area contributed by atoms with E-state index in [2.05, 4.69) is 9.97 Å². The average molecular weight is 283 g/mol. The van der Waals surface area contributed by atoms with E-state index < -0.39 is 6.67 Å². The minimum atomic E-state index is -0.521. The summed E-state index contributed by atoms with van der Waals surface area (Å²) < 4.78 is 17.4. The van der Waals surface area contributed by atoms with Gasteiger partial charge in [-0.05, 0) is 24.3 Å². The Labute approximate surface area is 121 Å². The first-order valence-electron chi connectivity index (χ1n) is 6.58. The van der Waals surface area contributed by atoms with Crippen LogP contribution in [0.2, 0.25) is 0 Å². The summed E-state index contributed by atoms with van der Waals surface area (Å²) in [6.07, 6.45) is 1.71. The number of anilines is 1. The summed E-state index contributed by atoms with van der Waals surface area (Å²) in [5.74, 6) is 0.583. The molecular weight excluding hydrogens is 269 g/mol. The number of fused-ring (bicyclic) bond motifs is 1. The molecule has 3 rings (SSSR count). The van der Waals surface area contributed by atoms with Crippen LogP contribution in [0.5, 0.6) is 5.75 Å². The lowest BCUT2D eigenvalue weighted by atomic mass is 10.1. The van der Waals surface area contributed by atoms with Gasteiger partial charge in [-0.2, -0.15) is 0 Å². The van der Waals surface area contributed by atoms with Crippen LogP contribution in [0.15, 0.2) is 48.7 Å². The van der Waals surface area contributed by atoms with Crippen molar-refractivity contribution >= 4 is 16.7 Å². The highest BCUT2D eigenvalue weighted by Crippen LogP contribution is 2.23. The molecule has 0 fully saturated rings. The van der Waals surface area contributed by atoms with Crippen LogP contribution in [0.4, 0.5) is 10.1 Å². The number of nitrogens with two attached hydrogens (primary N) is 1. The molecule has 0 saturated heterocycles. The van der Waals surface area contributed by atoms with Crippen molar-refractivity contribution in [3.63, 3.8) is 0 Å². The third kappa shape index (κ3) is 2.91. The van der Waals surface area contributed by atoms with Gasteiger partial charge in [0.15, 0.2) is 0 Å². The second kappa shape index (κ2) is 5.75. The SMILES string of the molecule is Nc1cccc(-c2cnc3ccc(OCCF)cc3n2)c1. The third-order valence-electron chi connectivity index (χ3n) is 3.04. The molecule has 0 bridgehead atoms. The van der Waals surface area contributed by atoms with Crippen LogP contribution < -0.4 is 10.5 Å². The van der Waals surface area contributed by atoms with Gasteiger partial charge in [0, 0.05) is 17.3 Å². The highest BCUT2D eigenvalue weighted by Gasteiger charge is 2.05. The van der Waals surface area contributed by atoms with E-state index in [1.165, 1.54) is 0 Å². The first-order chi connectivity index (χ1) is 10.3. The number of rotatable bonds is 4. The van der Waals surface area contributed by atoms with Crippen molar-refractivity contribution in [2.45, 2.75) is 0 Å². The van der Waals surface area contributed by atoms with Crippen molar-refractivity contribution < 1.29 is 9.13 Å². The van der Waals surface area contributed by atoms with Crippen molar-refractivity contribution in [2.75, 3.05) is 19.0 Å². The molecule has 0 aliphatic rings. The Hall–Kier alpha value is -2.69. The monoisotopic (exact) mass is 283 g/mol. The predicted octanol–water partition coefficient (Wildman–Crippen LogP) is 3.23. The van der Waals surface area contributed by atoms with Gasteiger partial charge in [-0.3, -0.25) is 4.98 Å². The van der Waals surface area contributed by atoms with Gasteiger partial charge in [0.2, 0.25) is 0 Å². The summed E-state index contributed by atoms with van der Waals surface area (Å²) in [5, 5.41) is 0. The van der Waals surface area contributed by atoms with Gasteiger partial charge in [-0.25, -0.2) is 9.37 Å². The number of benzene rings is 2. The van der Waals surface area contributed by atoms with Crippen LogP contribution >= 0.6 is 0 Å². The molecule has 0 radical (unpaired) electrons. The van der Waals surface area contributed by atoms with Crippen molar-refractivity contribution in [1.82, 2.24) is 9.97 Å². The molecule has 0 aliphatic heterocycles. The molecule has 1 heterocycles. The molecule has 0 amide bonds. The summed E-state index contributed by atoms with van der Waals surface area (Å²) in [6, 6.07) is 12.8. The number of halogens is 1. The molecule has 4 nitrogen and oxygen atoms in total. The lowest BCUT2D eigenvalue weighted by Crippen LogP contribution is -1.99. The summed E-state index contributed by atoms with van der Waals surface area (Å²) >= 11 is 0. The van der Waals surface area contributed by atoms with E-state index in [0.29, 0.717) is 17.0 Å². The van der Waals surface area contributed by atoms with Crippen LogP contribution in [-0.2, 0) is 0 Å². The van der Waals surface area contributed by atoms with Gasteiger partial charge in [0.05, 0.1) is 22.9 Å². The number of nitrogens with zero attached hydrogens (tertiary/aromatic N) is 2. The van der Waals surface area contributed by atoms with Gasteiger partial charge >= 0.3 is 0 Å². The summed E-state index contributed by atoms with van der Waals surface area (Å²) in [4.78, 5) is 8.94. The van der Waals surface area contributed by atoms with Crippen LogP contribution in [0.1, 0.15) is 0 Å². The van der Waals surface area contributed by atoms with Gasteiger partial charge in [0.25, 0.3) is 0 Å². The Morgan fingerprint density at radius 3 is 2.81 bits per heavy atom. The number of hydrogen-bond acceptors (Lipinski definition) is 4. The molecule has 0 aliphatic carbocycles. The minimum absolute atomic E-state index is 0.0356. The Morgan fingerprint density at radius 1 is 1.10 bits per heavy atom. The normalized spacial score (nSPS) is 10.7. The molecular formula is C16H14FN3O. The van der Waals surface area contributed by atoms with Crippen molar-refractivity contribution in [3.8, 4) is 17.0 Å². The maximum Gasteiger partial charge on any atom is 0.123 e. The average Bonchev–Trinajstić information content (AvgIpc) is 2.52. The molecule has 5 heteroatoms. The van der Waals surface area contributed by atoms with Crippen LogP contribution in [-0.4, -0.2) is 23.2 Å². The Bertz CT molecular complexity index is 776. The Kier molecular flexibility index (Phi) is 3.64. The molecule has 0 atom stereocenters. The number of alkyl halides is 1. The highest BCUT2D eigenvalue weighted by molar-refractivity contribution is 5.78. The fraction of sp³-hybridized carbons (Fsp3) is 0.125. The van der Waals surface area contributed by atoms with E-state index in [1.54, 1.807) is 24.4 Å². The molecule has 0 unspecified atom stereocenters. The zero-order chi connectivity index (χ0) is 14.7. The topological polar surface area (TPSA) is 61.0 Å². The maximum absolute atomic E-state index is 12.2. The molecule has 21 heavy (non-hydrogen) atoms. The van der Waals surface area contributed by atoms with Crippen LogP contribution in [0.25, 0.3) is 22.3 Å². The molecule has 0 saturated carbocycles. The maximum atomic E-state index is 12.2. The fourth-order valence-electron chi connectivity index (χ4n) is 2.07. The summed E-state index contributed by atoms with van der Waals surface area (Å²) in [7, 11) is 0. The number of aromatic nitrogens is 2. The van der Waals surface area contributed by atoms with Crippen molar-refractivity contribution in [1.29, 1.82) is 0 Å². The van der Waals surface area contributed by atoms with E-state index >= 15 is 0 Å².